The summed E-state index contributed by atoms with van der Waals surface area (Å²) >= 11 is 6.01. The van der Waals surface area contributed by atoms with E-state index in [0.29, 0.717) is 16.3 Å². The van der Waals surface area contributed by atoms with Gasteiger partial charge >= 0.3 is 0 Å². The van der Waals surface area contributed by atoms with Crippen LogP contribution in [0.25, 0.3) is 5.69 Å². The summed E-state index contributed by atoms with van der Waals surface area (Å²) in [6.45, 7) is 4.15. The van der Waals surface area contributed by atoms with Crippen LogP contribution in [0.15, 0.2) is 90.0 Å². The molecule has 0 atom stereocenters. The highest BCUT2D eigenvalue weighted by Crippen LogP contribution is 2.22. The fourth-order valence-electron chi connectivity index (χ4n) is 4.05. The van der Waals surface area contributed by atoms with Gasteiger partial charge in [-0.2, -0.15) is 5.10 Å². The molecular formula is C28H27ClN4O3S. The number of hydrazone groups is 1. The average Bonchev–Trinajstić information content (AvgIpc) is 3.16. The summed E-state index contributed by atoms with van der Waals surface area (Å²) in [5.41, 5.74) is 8.19. The monoisotopic (exact) mass is 534 g/mol. The lowest BCUT2D eigenvalue weighted by molar-refractivity contribution is 0.0955. The Balaban J connectivity index is 1.43. The molecule has 0 unspecified atom stereocenters. The number of aromatic nitrogens is 1. The molecule has 1 heterocycles. The molecule has 0 aliphatic rings. The van der Waals surface area contributed by atoms with Crippen LogP contribution in [0.1, 0.15) is 32.9 Å². The number of carbonyl (C=O) groups excluding carboxylic acids is 1. The largest absolute Gasteiger partial charge is 0.318 e. The van der Waals surface area contributed by atoms with Crippen LogP contribution in [-0.2, 0) is 16.6 Å². The second kappa shape index (κ2) is 11.0. The first-order valence-corrected chi connectivity index (χ1v) is 13.8. The Morgan fingerprint density at radius 1 is 1.00 bits per heavy atom. The molecule has 0 aliphatic carbocycles. The second-order valence-corrected chi connectivity index (χ2v) is 11.0. The van der Waals surface area contributed by atoms with Crippen molar-refractivity contribution in [1.29, 1.82) is 0 Å². The van der Waals surface area contributed by atoms with Crippen LogP contribution in [0.4, 0.5) is 5.69 Å². The molecule has 190 valence electrons. The molecule has 0 fully saturated rings. The number of hydrogen-bond acceptors (Lipinski definition) is 4. The Kier molecular flexibility index (Phi) is 7.80. The van der Waals surface area contributed by atoms with Gasteiger partial charge in [0.2, 0.25) is 10.0 Å². The van der Waals surface area contributed by atoms with Gasteiger partial charge in [0.25, 0.3) is 5.91 Å². The van der Waals surface area contributed by atoms with Crippen LogP contribution >= 0.6 is 11.6 Å². The van der Waals surface area contributed by atoms with Crippen LogP contribution in [0.5, 0.6) is 0 Å². The Bertz CT molecular complexity index is 1530. The van der Waals surface area contributed by atoms with E-state index in [9.17, 15) is 13.2 Å². The van der Waals surface area contributed by atoms with E-state index in [-0.39, 0.29) is 12.5 Å². The number of carbonyl (C=O) groups is 1. The van der Waals surface area contributed by atoms with Crippen molar-refractivity contribution in [2.45, 2.75) is 20.4 Å². The Morgan fingerprint density at radius 2 is 1.65 bits per heavy atom. The number of sulfonamides is 1. The molecule has 4 aromatic rings. The van der Waals surface area contributed by atoms with E-state index in [1.54, 1.807) is 54.7 Å². The van der Waals surface area contributed by atoms with E-state index in [0.717, 1.165) is 28.2 Å². The summed E-state index contributed by atoms with van der Waals surface area (Å²) in [5, 5.41) is 4.81. The lowest BCUT2D eigenvalue weighted by Crippen LogP contribution is -2.29. The van der Waals surface area contributed by atoms with Crippen LogP contribution < -0.4 is 9.73 Å². The van der Waals surface area contributed by atoms with Crippen molar-refractivity contribution in [2.75, 3.05) is 10.6 Å². The first kappa shape index (κ1) is 26.2. The zero-order chi connectivity index (χ0) is 26.6. The molecule has 0 aliphatic heterocycles. The molecule has 1 N–H and O–H groups in total. The molecule has 0 radical (unpaired) electrons. The molecule has 0 saturated carbocycles. The molecule has 7 nitrogen and oxygen atoms in total. The minimum absolute atomic E-state index is 0.159. The zero-order valence-corrected chi connectivity index (χ0v) is 22.3. The third-order valence-electron chi connectivity index (χ3n) is 5.91. The Morgan fingerprint density at radius 3 is 2.27 bits per heavy atom. The minimum atomic E-state index is -3.48. The van der Waals surface area contributed by atoms with Crippen LogP contribution in [-0.4, -0.2) is 31.4 Å². The third kappa shape index (κ3) is 6.28. The average molecular weight is 535 g/mol. The molecule has 1 aromatic heterocycles. The van der Waals surface area contributed by atoms with E-state index in [1.807, 2.05) is 50.2 Å². The molecule has 37 heavy (non-hydrogen) atoms. The van der Waals surface area contributed by atoms with Gasteiger partial charge in [0.05, 0.1) is 24.7 Å². The van der Waals surface area contributed by atoms with E-state index >= 15 is 0 Å². The second-order valence-electron chi connectivity index (χ2n) is 8.64. The fraction of sp³-hybridized carbons (Fsp3) is 0.143. The van der Waals surface area contributed by atoms with Crippen molar-refractivity contribution >= 4 is 39.4 Å². The quantitative estimate of drug-likeness (QED) is 0.240. The SMILES string of the molecule is Cc1cc(/C=N\NC(=O)c2ccc(CN(c3ccccc3)S(C)(=O)=O)cc2)c(C)n1-c1ccc(Cl)cc1. The lowest BCUT2D eigenvalue weighted by atomic mass is 10.1. The van der Waals surface area contributed by atoms with Gasteiger partial charge in [-0.05, 0) is 74.0 Å². The smallest absolute Gasteiger partial charge is 0.271 e. The van der Waals surface area contributed by atoms with Gasteiger partial charge < -0.3 is 4.57 Å². The molecule has 0 spiro atoms. The van der Waals surface area contributed by atoms with Crippen molar-refractivity contribution in [3.8, 4) is 5.69 Å². The fourth-order valence-corrected chi connectivity index (χ4v) is 5.07. The maximum Gasteiger partial charge on any atom is 0.271 e. The number of halogens is 1. The van der Waals surface area contributed by atoms with E-state index < -0.39 is 10.0 Å². The number of benzene rings is 3. The number of aryl methyl sites for hydroxylation is 1. The summed E-state index contributed by atoms with van der Waals surface area (Å²) in [4.78, 5) is 12.6. The first-order valence-electron chi connectivity index (χ1n) is 11.5. The lowest BCUT2D eigenvalue weighted by Gasteiger charge is -2.22. The van der Waals surface area contributed by atoms with Gasteiger partial charge in [0.1, 0.15) is 0 Å². The maximum absolute atomic E-state index is 12.6. The van der Waals surface area contributed by atoms with Crippen LogP contribution in [0, 0.1) is 13.8 Å². The molecule has 1 amide bonds. The number of nitrogens with zero attached hydrogens (tertiary/aromatic N) is 3. The van der Waals surface area contributed by atoms with Crippen molar-refractivity contribution in [3.63, 3.8) is 0 Å². The highest BCUT2D eigenvalue weighted by molar-refractivity contribution is 7.92. The van der Waals surface area contributed by atoms with Crippen molar-refractivity contribution < 1.29 is 13.2 Å². The van der Waals surface area contributed by atoms with Crippen molar-refractivity contribution in [2.24, 2.45) is 5.10 Å². The first-order chi connectivity index (χ1) is 17.6. The number of para-hydroxylation sites is 1. The molecule has 0 bridgehead atoms. The Labute approximate surface area is 222 Å². The summed E-state index contributed by atoms with van der Waals surface area (Å²) in [6, 6.07) is 25.2. The van der Waals surface area contributed by atoms with Gasteiger partial charge in [-0.15, -0.1) is 0 Å². The Hall–Kier alpha value is -3.88. The maximum atomic E-state index is 12.6. The molecule has 9 heteroatoms. The highest BCUT2D eigenvalue weighted by Gasteiger charge is 2.18. The molecule has 0 saturated heterocycles. The predicted molar refractivity (Wildman–Crippen MR) is 149 cm³/mol. The van der Waals surface area contributed by atoms with Crippen molar-refractivity contribution in [1.82, 2.24) is 9.99 Å². The summed E-state index contributed by atoms with van der Waals surface area (Å²) < 4.78 is 28.1. The molecular weight excluding hydrogens is 508 g/mol. The number of amides is 1. The van der Waals surface area contributed by atoms with Gasteiger partial charge in [0, 0.05) is 33.2 Å². The standard InChI is InChI=1S/C28H27ClN4O3S/c1-20-17-24(21(2)33(20)27-15-13-25(29)14-16-27)18-30-31-28(34)23-11-9-22(10-12-23)19-32(37(3,35)36)26-7-5-4-6-8-26/h4-18H,19H2,1-3H3,(H,31,34)/b30-18-. The normalized spacial score (nSPS) is 11.6. The zero-order valence-electron chi connectivity index (χ0n) is 20.7. The van der Waals surface area contributed by atoms with E-state index in [1.165, 1.54) is 10.6 Å². The number of anilines is 1. The number of hydrogen-bond donors (Lipinski definition) is 1. The van der Waals surface area contributed by atoms with Gasteiger partial charge in [0.15, 0.2) is 0 Å². The van der Waals surface area contributed by atoms with Gasteiger partial charge in [-0.1, -0.05) is 41.9 Å². The number of nitrogens with one attached hydrogen (secondary N) is 1. The van der Waals surface area contributed by atoms with Crippen LogP contribution in [0.2, 0.25) is 5.02 Å². The highest BCUT2D eigenvalue weighted by atomic mass is 35.5. The summed E-state index contributed by atoms with van der Waals surface area (Å²) in [6.07, 6.45) is 2.79. The predicted octanol–water partition coefficient (Wildman–Crippen LogP) is 5.48. The van der Waals surface area contributed by atoms with E-state index in [2.05, 4.69) is 15.1 Å². The van der Waals surface area contributed by atoms with Crippen molar-refractivity contribution in [3.05, 3.63) is 118 Å². The number of rotatable bonds is 8. The van der Waals surface area contributed by atoms with Gasteiger partial charge in [-0.3, -0.25) is 9.10 Å². The summed E-state index contributed by atoms with van der Waals surface area (Å²) in [7, 11) is -3.48. The molecule has 4 rings (SSSR count). The topological polar surface area (TPSA) is 83.8 Å². The molecule has 3 aromatic carbocycles. The summed E-state index contributed by atoms with van der Waals surface area (Å²) in [5.74, 6) is -0.364. The van der Waals surface area contributed by atoms with Gasteiger partial charge in [-0.25, -0.2) is 13.8 Å². The van der Waals surface area contributed by atoms with Crippen LogP contribution in [0.3, 0.4) is 0 Å². The minimum Gasteiger partial charge on any atom is -0.318 e. The third-order valence-corrected chi connectivity index (χ3v) is 7.30. The van der Waals surface area contributed by atoms with E-state index in [4.69, 9.17) is 11.6 Å².